The summed E-state index contributed by atoms with van der Waals surface area (Å²) >= 11 is 0. The summed E-state index contributed by atoms with van der Waals surface area (Å²) in [4.78, 5) is 33.1. The molecule has 2 amide bonds. The molecule has 5 rings (SSSR count). The van der Waals surface area contributed by atoms with Gasteiger partial charge in [0.05, 0.1) is 31.4 Å². The minimum Gasteiger partial charge on any atom is -0.497 e. The molecule has 0 unspecified atom stereocenters. The first-order valence-electron chi connectivity index (χ1n) is 11.0. The van der Waals surface area contributed by atoms with E-state index in [0.717, 1.165) is 22.4 Å². The number of fused-ring (bicyclic) bond motifs is 1. The van der Waals surface area contributed by atoms with Crippen molar-refractivity contribution in [3.63, 3.8) is 0 Å². The lowest BCUT2D eigenvalue weighted by Gasteiger charge is -2.58. The Hall–Kier alpha value is -3.71. The third-order valence-electron chi connectivity index (χ3n) is 6.67. The number of aliphatic hydroxyl groups is 1. The minimum atomic E-state index is -0.273. The number of ether oxygens (including phenoxy) is 1. The predicted octanol–water partition coefficient (Wildman–Crippen LogP) is 2.57. The number of rotatable bonds is 5. The molecule has 3 heterocycles. The largest absolute Gasteiger partial charge is 0.497 e. The molecule has 7 heteroatoms. The van der Waals surface area contributed by atoms with E-state index in [4.69, 9.17) is 4.74 Å². The van der Waals surface area contributed by atoms with Gasteiger partial charge in [-0.25, -0.2) is 0 Å². The Labute approximate surface area is 192 Å². The normalized spacial score (nSPS) is 21.9. The number of hydrogen-bond acceptors (Lipinski definition) is 5. The molecular formula is C26H25N3O4. The van der Waals surface area contributed by atoms with Gasteiger partial charge in [0.15, 0.2) is 0 Å². The number of nitrogens with zero attached hydrogens (tertiary/aromatic N) is 3. The highest BCUT2D eigenvalue weighted by molar-refractivity contribution is 5.97. The zero-order chi connectivity index (χ0) is 22.9. The van der Waals surface area contributed by atoms with E-state index < -0.39 is 0 Å². The van der Waals surface area contributed by atoms with Crippen LogP contribution in [0.25, 0.3) is 11.1 Å². The lowest BCUT2D eigenvalue weighted by molar-refractivity contribution is -0.159. The molecule has 2 fully saturated rings. The molecule has 0 radical (unpaired) electrons. The molecule has 0 spiro atoms. The Morgan fingerprint density at radius 3 is 2.39 bits per heavy atom. The van der Waals surface area contributed by atoms with Crippen molar-refractivity contribution in [2.24, 2.45) is 0 Å². The van der Waals surface area contributed by atoms with E-state index in [1.54, 1.807) is 35.2 Å². The highest BCUT2D eigenvalue weighted by Crippen LogP contribution is 2.43. The Morgan fingerprint density at radius 1 is 1.09 bits per heavy atom. The standard InChI is InChI=1S/C26H25N3O4/c1-33-21-10-8-18(9-11-21)17-4-6-19(7-5-17)25-22-14-28(15-24(31)29(22)23(25)16-30)26(32)20-3-2-12-27-13-20/h2-13,22-23,25,30H,14-16H2,1H3/t22-,23+,25+/m0/s1. The number of methoxy groups -OCH3 is 1. The third kappa shape index (κ3) is 3.74. The zero-order valence-electron chi connectivity index (χ0n) is 18.3. The Kier molecular flexibility index (Phi) is 5.56. The molecule has 2 aliphatic heterocycles. The summed E-state index contributed by atoms with van der Waals surface area (Å²) in [6.45, 7) is 0.342. The van der Waals surface area contributed by atoms with Crippen LogP contribution in [0.15, 0.2) is 73.1 Å². The second-order valence-electron chi connectivity index (χ2n) is 8.42. The fourth-order valence-electron chi connectivity index (χ4n) is 5.01. The van der Waals surface area contributed by atoms with Crippen molar-refractivity contribution >= 4 is 11.8 Å². The third-order valence-corrected chi connectivity index (χ3v) is 6.67. The van der Waals surface area contributed by atoms with Gasteiger partial charge >= 0.3 is 0 Å². The molecular weight excluding hydrogens is 418 g/mol. The molecule has 0 bridgehead atoms. The molecule has 2 saturated heterocycles. The molecule has 0 aliphatic carbocycles. The van der Waals surface area contributed by atoms with Crippen LogP contribution in [-0.4, -0.2) is 70.6 Å². The highest BCUT2D eigenvalue weighted by Gasteiger charge is 2.54. The Morgan fingerprint density at radius 2 is 1.79 bits per heavy atom. The smallest absolute Gasteiger partial charge is 0.255 e. The number of hydrogen-bond donors (Lipinski definition) is 1. The van der Waals surface area contributed by atoms with Crippen molar-refractivity contribution in [2.75, 3.05) is 26.8 Å². The SMILES string of the molecule is COc1ccc(-c2ccc([C@H]3[C@@H](CO)N4C(=O)CN(C(=O)c5cccnc5)C[C@@H]34)cc2)cc1. The maximum atomic E-state index is 12.9. The highest BCUT2D eigenvalue weighted by atomic mass is 16.5. The average molecular weight is 444 g/mol. The van der Waals surface area contributed by atoms with Gasteiger partial charge in [-0.2, -0.15) is 0 Å². The van der Waals surface area contributed by atoms with Crippen molar-refractivity contribution < 1.29 is 19.4 Å². The second kappa shape index (κ2) is 8.67. The molecule has 3 aromatic rings. The van der Waals surface area contributed by atoms with Gasteiger partial charge in [-0.3, -0.25) is 14.6 Å². The molecule has 33 heavy (non-hydrogen) atoms. The quantitative estimate of drug-likeness (QED) is 0.655. The van der Waals surface area contributed by atoms with Gasteiger partial charge in [0.2, 0.25) is 5.91 Å². The van der Waals surface area contributed by atoms with Crippen LogP contribution in [0.2, 0.25) is 0 Å². The molecule has 0 saturated carbocycles. The van der Waals surface area contributed by atoms with Gasteiger partial charge in [0, 0.05) is 24.9 Å². The summed E-state index contributed by atoms with van der Waals surface area (Å²) in [5, 5.41) is 10.0. The fraction of sp³-hybridized carbons (Fsp3) is 0.269. The predicted molar refractivity (Wildman–Crippen MR) is 123 cm³/mol. The van der Waals surface area contributed by atoms with E-state index in [0.29, 0.717) is 12.1 Å². The summed E-state index contributed by atoms with van der Waals surface area (Å²) in [7, 11) is 1.64. The number of aliphatic hydroxyl groups excluding tert-OH is 1. The van der Waals surface area contributed by atoms with Gasteiger partial charge in [0.1, 0.15) is 12.3 Å². The molecule has 1 N–H and O–H groups in total. The Balaban J connectivity index is 1.37. The maximum absolute atomic E-state index is 12.9. The molecule has 3 atom stereocenters. The van der Waals surface area contributed by atoms with Gasteiger partial charge in [-0.1, -0.05) is 36.4 Å². The number of aromatic nitrogens is 1. The topological polar surface area (TPSA) is 83.0 Å². The lowest BCUT2D eigenvalue weighted by Crippen LogP contribution is -2.73. The summed E-state index contributed by atoms with van der Waals surface area (Å²) in [5.74, 6) is 0.447. The first kappa shape index (κ1) is 21.2. The van der Waals surface area contributed by atoms with Gasteiger partial charge in [-0.05, 0) is 41.0 Å². The van der Waals surface area contributed by atoms with Crippen LogP contribution in [0.4, 0.5) is 0 Å². The lowest BCUT2D eigenvalue weighted by atomic mass is 9.73. The fourth-order valence-corrected chi connectivity index (χ4v) is 5.01. The number of carbonyl (C=O) groups is 2. The first-order valence-corrected chi connectivity index (χ1v) is 11.0. The Bertz CT molecular complexity index is 1150. The molecule has 168 valence electrons. The van der Waals surface area contributed by atoms with Crippen LogP contribution in [0.3, 0.4) is 0 Å². The van der Waals surface area contributed by atoms with Crippen LogP contribution in [0, 0.1) is 0 Å². The average Bonchev–Trinajstić information content (AvgIpc) is 2.86. The second-order valence-corrected chi connectivity index (χ2v) is 8.42. The minimum absolute atomic E-state index is 0.0177. The van der Waals surface area contributed by atoms with E-state index in [1.165, 1.54) is 6.20 Å². The molecule has 2 aliphatic rings. The number of amides is 2. The van der Waals surface area contributed by atoms with Gasteiger partial charge in [0.25, 0.3) is 5.91 Å². The molecule has 7 nitrogen and oxygen atoms in total. The van der Waals surface area contributed by atoms with Crippen molar-refractivity contribution in [3.8, 4) is 16.9 Å². The van der Waals surface area contributed by atoms with Crippen LogP contribution >= 0.6 is 0 Å². The van der Waals surface area contributed by atoms with Gasteiger partial charge in [-0.15, -0.1) is 0 Å². The molecule has 1 aromatic heterocycles. The molecule has 2 aromatic carbocycles. The monoisotopic (exact) mass is 443 g/mol. The van der Waals surface area contributed by atoms with Crippen molar-refractivity contribution in [1.82, 2.24) is 14.8 Å². The van der Waals surface area contributed by atoms with E-state index >= 15 is 0 Å². The van der Waals surface area contributed by atoms with E-state index in [1.807, 2.05) is 24.3 Å². The number of carbonyl (C=O) groups excluding carboxylic acids is 2. The number of pyridine rings is 1. The summed E-state index contributed by atoms with van der Waals surface area (Å²) in [5.41, 5.74) is 3.68. The van der Waals surface area contributed by atoms with Crippen LogP contribution in [-0.2, 0) is 4.79 Å². The van der Waals surface area contributed by atoms with Crippen LogP contribution in [0.1, 0.15) is 21.8 Å². The summed E-state index contributed by atoms with van der Waals surface area (Å²) in [6, 6.07) is 19.1. The van der Waals surface area contributed by atoms with E-state index in [9.17, 15) is 14.7 Å². The van der Waals surface area contributed by atoms with Crippen LogP contribution in [0.5, 0.6) is 5.75 Å². The number of benzene rings is 2. The van der Waals surface area contributed by atoms with E-state index in [-0.39, 0.29) is 43.0 Å². The maximum Gasteiger partial charge on any atom is 0.255 e. The van der Waals surface area contributed by atoms with Crippen molar-refractivity contribution in [3.05, 3.63) is 84.2 Å². The van der Waals surface area contributed by atoms with Crippen molar-refractivity contribution in [1.29, 1.82) is 0 Å². The zero-order valence-corrected chi connectivity index (χ0v) is 18.3. The summed E-state index contributed by atoms with van der Waals surface area (Å²) in [6.07, 6.45) is 3.13. The summed E-state index contributed by atoms with van der Waals surface area (Å²) < 4.78 is 5.23. The van der Waals surface area contributed by atoms with Crippen LogP contribution < -0.4 is 4.74 Å². The number of piperazine rings is 1. The van der Waals surface area contributed by atoms with E-state index in [2.05, 4.69) is 29.2 Å². The van der Waals surface area contributed by atoms with Crippen molar-refractivity contribution in [2.45, 2.75) is 18.0 Å². The van der Waals surface area contributed by atoms with Gasteiger partial charge < -0.3 is 19.6 Å². The first-order chi connectivity index (χ1) is 16.1.